The molecule has 0 aliphatic rings. The van der Waals surface area contributed by atoms with Crippen molar-refractivity contribution in [2.24, 2.45) is 0 Å². The van der Waals surface area contributed by atoms with Crippen molar-refractivity contribution in [3.63, 3.8) is 0 Å². The molecule has 0 aliphatic heterocycles. The summed E-state index contributed by atoms with van der Waals surface area (Å²) in [5.74, 6) is -1.19. The van der Waals surface area contributed by atoms with Crippen LogP contribution in [0.2, 0.25) is 0 Å². The van der Waals surface area contributed by atoms with Crippen molar-refractivity contribution in [3.05, 3.63) is 70.1 Å². The Bertz CT molecular complexity index is 904. The van der Waals surface area contributed by atoms with E-state index in [2.05, 4.69) is 10.3 Å². The Balaban J connectivity index is 1.86. The third-order valence-corrected chi connectivity index (χ3v) is 4.47. The van der Waals surface area contributed by atoms with Crippen LogP contribution >= 0.6 is 11.3 Å². The lowest BCUT2D eigenvalue weighted by molar-refractivity contribution is 0.102. The highest BCUT2D eigenvalue weighted by atomic mass is 32.1. The second-order valence-corrected chi connectivity index (χ2v) is 6.55. The first-order chi connectivity index (χ1) is 11.4. The van der Waals surface area contributed by atoms with Crippen molar-refractivity contribution in [3.8, 4) is 11.3 Å². The quantitative estimate of drug-likeness (QED) is 0.730. The van der Waals surface area contributed by atoms with Gasteiger partial charge < -0.3 is 0 Å². The van der Waals surface area contributed by atoms with Crippen molar-refractivity contribution in [2.75, 3.05) is 5.32 Å². The van der Waals surface area contributed by atoms with Gasteiger partial charge in [0.15, 0.2) is 5.13 Å². The van der Waals surface area contributed by atoms with E-state index >= 15 is 0 Å². The third kappa shape index (κ3) is 3.33. The fourth-order valence-corrected chi connectivity index (χ4v) is 3.16. The minimum absolute atomic E-state index is 0.270. The van der Waals surface area contributed by atoms with Gasteiger partial charge in [0, 0.05) is 16.0 Å². The molecule has 0 aliphatic carbocycles. The van der Waals surface area contributed by atoms with E-state index in [1.165, 1.54) is 35.6 Å². The first-order valence-corrected chi connectivity index (χ1v) is 8.06. The summed E-state index contributed by atoms with van der Waals surface area (Å²) in [6.07, 6.45) is 0. The molecule has 1 aromatic heterocycles. The predicted molar refractivity (Wildman–Crippen MR) is 91.3 cm³/mol. The number of nitrogens with one attached hydrogen (secondary N) is 1. The molecule has 0 radical (unpaired) electrons. The van der Waals surface area contributed by atoms with E-state index in [1.54, 1.807) is 25.1 Å². The zero-order valence-electron chi connectivity index (χ0n) is 13.1. The van der Waals surface area contributed by atoms with E-state index in [0.717, 1.165) is 10.4 Å². The molecule has 1 amide bonds. The van der Waals surface area contributed by atoms with Crippen molar-refractivity contribution in [2.45, 2.75) is 13.8 Å². The smallest absolute Gasteiger partial charge is 0.257 e. The zero-order chi connectivity index (χ0) is 17.3. The number of nitrogens with zero attached hydrogens (tertiary/aromatic N) is 1. The van der Waals surface area contributed by atoms with Crippen LogP contribution in [0.4, 0.5) is 13.9 Å². The van der Waals surface area contributed by atoms with Gasteiger partial charge in [-0.15, -0.1) is 11.3 Å². The van der Waals surface area contributed by atoms with Crippen molar-refractivity contribution in [1.82, 2.24) is 4.98 Å². The molecule has 1 heterocycles. The van der Waals surface area contributed by atoms with Crippen LogP contribution in [0.5, 0.6) is 0 Å². The molecule has 0 bridgehead atoms. The maximum absolute atomic E-state index is 13.3. The maximum Gasteiger partial charge on any atom is 0.257 e. The molecule has 0 saturated heterocycles. The van der Waals surface area contributed by atoms with Gasteiger partial charge in [0.25, 0.3) is 5.91 Å². The van der Waals surface area contributed by atoms with Gasteiger partial charge in [0.05, 0.1) is 5.69 Å². The summed E-state index contributed by atoms with van der Waals surface area (Å²) in [6.45, 7) is 3.62. The van der Waals surface area contributed by atoms with Gasteiger partial charge in [-0.2, -0.15) is 0 Å². The number of carbonyl (C=O) groups excluding carboxylic acids is 1. The summed E-state index contributed by atoms with van der Waals surface area (Å²) in [5, 5.41) is 3.11. The minimum atomic E-state index is -0.465. The second kappa shape index (κ2) is 6.49. The number of thiazole rings is 1. The molecule has 0 unspecified atom stereocenters. The zero-order valence-corrected chi connectivity index (χ0v) is 13.9. The molecule has 0 atom stereocenters. The average molecular weight is 344 g/mol. The average Bonchev–Trinajstić information content (AvgIpc) is 2.91. The van der Waals surface area contributed by atoms with Crippen molar-refractivity contribution in [1.29, 1.82) is 0 Å². The fourth-order valence-electron chi connectivity index (χ4n) is 2.33. The number of carbonyl (C=O) groups is 1. The lowest BCUT2D eigenvalue weighted by Crippen LogP contribution is -2.13. The van der Waals surface area contributed by atoms with Crippen LogP contribution < -0.4 is 5.32 Å². The van der Waals surface area contributed by atoms with Crippen LogP contribution in [0.3, 0.4) is 0 Å². The number of halogens is 2. The SMILES string of the molecule is Cc1ccc(F)cc1C(=O)Nc1nc(-c2ccc(F)cc2)c(C)s1. The number of hydrogen-bond donors (Lipinski definition) is 1. The molecular formula is C18H14F2N2OS. The molecular weight excluding hydrogens is 330 g/mol. The minimum Gasteiger partial charge on any atom is -0.298 e. The van der Waals surface area contributed by atoms with E-state index in [1.807, 2.05) is 6.92 Å². The summed E-state index contributed by atoms with van der Waals surface area (Å²) >= 11 is 1.32. The van der Waals surface area contributed by atoms with Crippen LogP contribution in [0.15, 0.2) is 42.5 Å². The Morgan fingerprint density at radius 1 is 1.04 bits per heavy atom. The summed E-state index contributed by atoms with van der Waals surface area (Å²) in [7, 11) is 0. The molecule has 2 aromatic carbocycles. The van der Waals surface area contributed by atoms with Crippen LogP contribution in [0.25, 0.3) is 11.3 Å². The highest BCUT2D eigenvalue weighted by Crippen LogP contribution is 2.30. The van der Waals surface area contributed by atoms with Crippen LogP contribution in [-0.2, 0) is 0 Å². The molecule has 3 rings (SSSR count). The Labute approximate surface area is 142 Å². The molecule has 6 heteroatoms. The predicted octanol–water partition coefficient (Wildman–Crippen LogP) is 4.96. The number of aryl methyl sites for hydroxylation is 2. The summed E-state index contributed by atoms with van der Waals surface area (Å²) in [5.41, 5.74) is 2.41. The van der Waals surface area contributed by atoms with Gasteiger partial charge in [-0.3, -0.25) is 10.1 Å². The number of hydrogen-bond acceptors (Lipinski definition) is 3. The maximum atomic E-state index is 13.3. The van der Waals surface area contributed by atoms with Crippen molar-refractivity contribution >= 4 is 22.4 Å². The molecule has 3 aromatic rings. The Hall–Kier alpha value is -2.60. The Kier molecular flexibility index (Phi) is 4.40. The second-order valence-electron chi connectivity index (χ2n) is 5.34. The summed E-state index contributed by atoms with van der Waals surface area (Å²) < 4.78 is 26.4. The molecule has 1 N–H and O–H groups in total. The topological polar surface area (TPSA) is 42.0 Å². The van der Waals surface area contributed by atoms with E-state index < -0.39 is 11.7 Å². The number of benzene rings is 2. The third-order valence-electron chi connectivity index (χ3n) is 3.58. The highest BCUT2D eigenvalue weighted by molar-refractivity contribution is 7.16. The highest BCUT2D eigenvalue weighted by Gasteiger charge is 2.15. The lowest BCUT2D eigenvalue weighted by atomic mass is 10.1. The first-order valence-electron chi connectivity index (χ1n) is 7.25. The number of rotatable bonds is 3. The largest absolute Gasteiger partial charge is 0.298 e. The summed E-state index contributed by atoms with van der Waals surface area (Å²) in [4.78, 5) is 17.6. The summed E-state index contributed by atoms with van der Waals surface area (Å²) in [6, 6.07) is 10.1. The number of aromatic nitrogens is 1. The van der Waals surface area contributed by atoms with Gasteiger partial charge in [0.2, 0.25) is 0 Å². The van der Waals surface area contributed by atoms with Gasteiger partial charge in [-0.25, -0.2) is 13.8 Å². The number of anilines is 1. The molecule has 122 valence electrons. The van der Waals surface area contributed by atoms with E-state index in [9.17, 15) is 13.6 Å². The monoisotopic (exact) mass is 344 g/mol. The number of amides is 1. The molecule has 3 nitrogen and oxygen atoms in total. The van der Waals surface area contributed by atoms with E-state index in [0.29, 0.717) is 16.4 Å². The lowest BCUT2D eigenvalue weighted by Gasteiger charge is -2.05. The standard InChI is InChI=1S/C18H14F2N2OS/c1-10-3-6-14(20)9-15(10)17(23)22-18-21-16(11(2)24-18)12-4-7-13(19)8-5-12/h3-9H,1-2H3,(H,21,22,23). The van der Waals surface area contributed by atoms with Crippen LogP contribution in [0, 0.1) is 25.5 Å². The van der Waals surface area contributed by atoms with Crippen LogP contribution in [-0.4, -0.2) is 10.9 Å². The van der Waals surface area contributed by atoms with E-state index in [-0.39, 0.29) is 11.4 Å². The molecule has 0 saturated carbocycles. The fraction of sp³-hybridized carbons (Fsp3) is 0.111. The van der Waals surface area contributed by atoms with Gasteiger partial charge in [0.1, 0.15) is 11.6 Å². The van der Waals surface area contributed by atoms with Crippen LogP contribution in [0.1, 0.15) is 20.8 Å². The molecule has 24 heavy (non-hydrogen) atoms. The van der Waals surface area contributed by atoms with Gasteiger partial charge in [-0.1, -0.05) is 6.07 Å². The Morgan fingerprint density at radius 2 is 1.71 bits per heavy atom. The van der Waals surface area contributed by atoms with E-state index in [4.69, 9.17) is 0 Å². The molecule has 0 spiro atoms. The first kappa shape index (κ1) is 16.3. The van der Waals surface area contributed by atoms with Gasteiger partial charge in [-0.05, 0) is 55.8 Å². The normalized spacial score (nSPS) is 10.7. The molecule has 0 fully saturated rings. The van der Waals surface area contributed by atoms with Gasteiger partial charge >= 0.3 is 0 Å². The van der Waals surface area contributed by atoms with Crippen molar-refractivity contribution < 1.29 is 13.6 Å². The Morgan fingerprint density at radius 3 is 2.42 bits per heavy atom.